The smallest absolute Gasteiger partial charge is 0.313 e. The third kappa shape index (κ3) is 4.68. The van der Waals surface area contributed by atoms with E-state index in [2.05, 4.69) is 10.6 Å². The zero-order valence-electron chi connectivity index (χ0n) is 14.6. The predicted octanol–water partition coefficient (Wildman–Crippen LogP) is 2.77. The minimum atomic E-state index is -0.831. The summed E-state index contributed by atoms with van der Waals surface area (Å²) < 4.78 is 31.6. The number of nitrogens with one attached hydrogen (secondary N) is 2. The summed E-state index contributed by atoms with van der Waals surface area (Å²) in [5.74, 6) is -2.38. The van der Waals surface area contributed by atoms with E-state index < -0.39 is 23.0 Å². The maximum atomic E-state index is 13.3. The van der Waals surface area contributed by atoms with Crippen molar-refractivity contribution < 1.29 is 23.1 Å². The topological polar surface area (TPSA) is 67.4 Å². The van der Waals surface area contributed by atoms with Gasteiger partial charge in [-0.25, -0.2) is 8.78 Å². The fourth-order valence-corrected chi connectivity index (χ4v) is 3.18. The van der Waals surface area contributed by atoms with Crippen LogP contribution >= 0.6 is 0 Å². The molecule has 1 aliphatic heterocycles. The summed E-state index contributed by atoms with van der Waals surface area (Å²) in [6.45, 7) is 1.28. The number of rotatable bonds is 4. The summed E-state index contributed by atoms with van der Waals surface area (Å²) in [4.78, 5) is 24.3. The van der Waals surface area contributed by atoms with E-state index in [0.717, 1.165) is 5.56 Å². The standard InChI is InChI=1S/C20H20F2N2O3/c21-15-3-1-14(2-4-15)20(9-11-27-12-10-20)13-23-18(25)19(26)24-17-7-5-16(22)6-8-17/h1-8H,9-13H2,(H,23,25)(H,24,26). The molecule has 0 unspecified atom stereocenters. The Bertz CT molecular complexity index is 801. The van der Waals surface area contributed by atoms with Crippen LogP contribution in [0.3, 0.4) is 0 Å². The molecule has 1 aliphatic rings. The van der Waals surface area contributed by atoms with Crippen molar-refractivity contribution in [1.29, 1.82) is 0 Å². The molecule has 0 aliphatic carbocycles. The molecule has 0 saturated carbocycles. The Morgan fingerprint density at radius 2 is 1.44 bits per heavy atom. The van der Waals surface area contributed by atoms with Gasteiger partial charge >= 0.3 is 11.8 Å². The van der Waals surface area contributed by atoms with E-state index in [1.165, 1.54) is 36.4 Å². The van der Waals surface area contributed by atoms with Crippen molar-refractivity contribution in [3.8, 4) is 0 Å². The van der Waals surface area contributed by atoms with Crippen LogP contribution < -0.4 is 10.6 Å². The van der Waals surface area contributed by atoms with Gasteiger partial charge in [0.25, 0.3) is 0 Å². The van der Waals surface area contributed by atoms with Crippen LogP contribution in [0.2, 0.25) is 0 Å². The highest BCUT2D eigenvalue weighted by Crippen LogP contribution is 2.34. The minimum Gasteiger partial charge on any atom is -0.381 e. The molecule has 7 heteroatoms. The summed E-state index contributed by atoms with van der Waals surface area (Å²) in [6.07, 6.45) is 1.30. The summed E-state index contributed by atoms with van der Waals surface area (Å²) in [5.41, 5.74) is 0.805. The van der Waals surface area contributed by atoms with E-state index >= 15 is 0 Å². The lowest BCUT2D eigenvalue weighted by atomic mass is 9.74. The van der Waals surface area contributed by atoms with Crippen molar-refractivity contribution in [2.75, 3.05) is 25.1 Å². The molecule has 2 N–H and O–H groups in total. The largest absolute Gasteiger partial charge is 0.381 e. The summed E-state index contributed by atoms with van der Waals surface area (Å²) in [6, 6.07) is 11.3. The maximum Gasteiger partial charge on any atom is 0.313 e. The van der Waals surface area contributed by atoms with Crippen LogP contribution in [-0.4, -0.2) is 31.6 Å². The second kappa shape index (κ2) is 8.26. The highest BCUT2D eigenvalue weighted by atomic mass is 19.1. The average Bonchev–Trinajstić information content (AvgIpc) is 2.69. The SMILES string of the molecule is O=C(NCC1(c2ccc(F)cc2)CCOCC1)C(=O)Nc1ccc(F)cc1. The predicted molar refractivity (Wildman–Crippen MR) is 96.2 cm³/mol. The summed E-state index contributed by atoms with van der Waals surface area (Å²) >= 11 is 0. The number of benzene rings is 2. The first-order valence-electron chi connectivity index (χ1n) is 8.67. The third-order valence-electron chi connectivity index (χ3n) is 4.80. The Morgan fingerprint density at radius 1 is 0.889 bits per heavy atom. The molecule has 142 valence electrons. The van der Waals surface area contributed by atoms with Gasteiger partial charge in [0.05, 0.1) is 0 Å². The molecule has 1 saturated heterocycles. The number of ether oxygens (including phenoxy) is 1. The maximum absolute atomic E-state index is 13.3. The highest BCUT2D eigenvalue weighted by Gasteiger charge is 2.35. The van der Waals surface area contributed by atoms with Crippen molar-refractivity contribution in [1.82, 2.24) is 5.32 Å². The number of hydrogen-bond donors (Lipinski definition) is 2. The van der Waals surface area contributed by atoms with Gasteiger partial charge < -0.3 is 15.4 Å². The molecule has 0 atom stereocenters. The number of anilines is 1. The zero-order valence-corrected chi connectivity index (χ0v) is 14.6. The molecule has 0 bridgehead atoms. The Balaban J connectivity index is 1.65. The first kappa shape index (κ1) is 19.0. The van der Waals surface area contributed by atoms with Gasteiger partial charge in [-0.3, -0.25) is 9.59 Å². The van der Waals surface area contributed by atoms with Crippen molar-refractivity contribution in [2.24, 2.45) is 0 Å². The molecule has 0 spiro atoms. The number of amides is 2. The Hall–Kier alpha value is -2.80. The fourth-order valence-electron chi connectivity index (χ4n) is 3.18. The van der Waals surface area contributed by atoms with E-state index in [1.807, 2.05) is 0 Å². The third-order valence-corrected chi connectivity index (χ3v) is 4.80. The van der Waals surface area contributed by atoms with Gasteiger partial charge in [-0.05, 0) is 54.8 Å². The molecule has 1 fully saturated rings. The zero-order chi connectivity index (χ0) is 19.3. The quantitative estimate of drug-likeness (QED) is 0.809. The van der Waals surface area contributed by atoms with Crippen LogP contribution in [-0.2, 0) is 19.7 Å². The van der Waals surface area contributed by atoms with Crippen LogP contribution in [0.25, 0.3) is 0 Å². The van der Waals surface area contributed by atoms with Crippen LogP contribution in [0.15, 0.2) is 48.5 Å². The molecular weight excluding hydrogens is 354 g/mol. The van der Waals surface area contributed by atoms with Crippen molar-refractivity contribution in [3.63, 3.8) is 0 Å². The van der Waals surface area contributed by atoms with Gasteiger partial charge in [0.1, 0.15) is 11.6 Å². The lowest BCUT2D eigenvalue weighted by Gasteiger charge is -2.37. The Labute approximate surface area is 155 Å². The lowest BCUT2D eigenvalue weighted by Crippen LogP contribution is -2.47. The molecule has 27 heavy (non-hydrogen) atoms. The highest BCUT2D eigenvalue weighted by molar-refractivity contribution is 6.39. The van der Waals surface area contributed by atoms with Gasteiger partial charge in [0.2, 0.25) is 0 Å². The normalized spacial score (nSPS) is 15.8. The first-order chi connectivity index (χ1) is 13.0. The number of carbonyl (C=O) groups is 2. The van der Waals surface area contributed by atoms with Crippen LogP contribution in [0, 0.1) is 11.6 Å². The molecule has 5 nitrogen and oxygen atoms in total. The lowest BCUT2D eigenvalue weighted by molar-refractivity contribution is -0.136. The van der Waals surface area contributed by atoms with Crippen LogP contribution in [0.4, 0.5) is 14.5 Å². The van der Waals surface area contributed by atoms with Gasteiger partial charge in [0, 0.05) is 30.9 Å². The number of carbonyl (C=O) groups excluding carboxylic acids is 2. The van der Waals surface area contributed by atoms with Crippen molar-refractivity contribution in [3.05, 3.63) is 65.7 Å². The van der Waals surface area contributed by atoms with Gasteiger partial charge in [-0.15, -0.1) is 0 Å². The average molecular weight is 374 g/mol. The monoisotopic (exact) mass is 374 g/mol. The molecule has 0 radical (unpaired) electrons. The van der Waals surface area contributed by atoms with Gasteiger partial charge in [0.15, 0.2) is 0 Å². The molecule has 1 heterocycles. The number of hydrogen-bond acceptors (Lipinski definition) is 3. The summed E-state index contributed by atoms with van der Waals surface area (Å²) in [7, 11) is 0. The van der Waals surface area contributed by atoms with Crippen LogP contribution in [0.1, 0.15) is 18.4 Å². The van der Waals surface area contributed by atoms with E-state index in [0.29, 0.717) is 31.7 Å². The minimum absolute atomic E-state index is 0.234. The van der Waals surface area contributed by atoms with Crippen molar-refractivity contribution in [2.45, 2.75) is 18.3 Å². The molecule has 2 amide bonds. The van der Waals surface area contributed by atoms with Crippen LogP contribution in [0.5, 0.6) is 0 Å². The molecule has 2 aromatic rings. The second-order valence-corrected chi connectivity index (χ2v) is 6.54. The second-order valence-electron chi connectivity index (χ2n) is 6.54. The van der Waals surface area contributed by atoms with E-state index in [4.69, 9.17) is 4.74 Å². The van der Waals surface area contributed by atoms with E-state index in [-0.39, 0.29) is 12.4 Å². The Kier molecular flexibility index (Phi) is 5.81. The van der Waals surface area contributed by atoms with Gasteiger partial charge in [-0.2, -0.15) is 0 Å². The number of halogens is 2. The molecule has 3 rings (SSSR count). The fraction of sp³-hybridized carbons (Fsp3) is 0.300. The first-order valence-corrected chi connectivity index (χ1v) is 8.67. The Morgan fingerprint density at radius 3 is 2.04 bits per heavy atom. The summed E-state index contributed by atoms with van der Waals surface area (Å²) in [5, 5.41) is 5.09. The van der Waals surface area contributed by atoms with E-state index in [1.54, 1.807) is 12.1 Å². The molecule has 2 aromatic carbocycles. The molecule has 0 aromatic heterocycles. The molecular formula is C20H20F2N2O3. The van der Waals surface area contributed by atoms with Crippen molar-refractivity contribution >= 4 is 17.5 Å². The van der Waals surface area contributed by atoms with Gasteiger partial charge in [-0.1, -0.05) is 12.1 Å². The van der Waals surface area contributed by atoms with E-state index in [9.17, 15) is 18.4 Å².